The molecule has 0 saturated heterocycles. The van der Waals surface area contributed by atoms with E-state index in [1.54, 1.807) is 4.31 Å². The van der Waals surface area contributed by atoms with E-state index in [0.29, 0.717) is 11.9 Å². The van der Waals surface area contributed by atoms with Gasteiger partial charge in [0.25, 0.3) is 0 Å². The highest BCUT2D eigenvalue weighted by Gasteiger charge is 2.34. The lowest BCUT2D eigenvalue weighted by atomic mass is 10.3. The highest BCUT2D eigenvalue weighted by molar-refractivity contribution is 8.14. The molecule has 1 aliphatic rings. The molecule has 1 N–H and O–H groups in total. The molecule has 1 fully saturated rings. The van der Waals surface area contributed by atoms with Gasteiger partial charge in [0.15, 0.2) is 0 Å². The van der Waals surface area contributed by atoms with Crippen LogP contribution in [0.4, 0.5) is 16.7 Å². The third kappa shape index (κ3) is 5.69. The highest BCUT2D eigenvalue weighted by atomic mass is 35.5. The van der Waals surface area contributed by atoms with Crippen molar-refractivity contribution >= 4 is 40.7 Å². The van der Waals surface area contributed by atoms with Gasteiger partial charge in [-0.2, -0.15) is 15.0 Å². The summed E-state index contributed by atoms with van der Waals surface area (Å²) in [5.41, 5.74) is 0. The lowest BCUT2D eigenvalue weighted by Crippen LogP contribution is -2.25. The van der Waals surface area contributed by atoms with Crippen LogP contribution in [0.25, 0.3) is 0 Å². The molecule has 0 radical (unpaired) electrons. The maximum Gasteiger partial charge on any atom is 0.388 e. The first-order valence-electron chi connectivity index (χ1n) is 7.75. The van der Waals surface area contributed by atoms with Crippen molar-refractivity contribution in [2.45, 2.75) is 65.1 Å². The topological polar surface area (TPSA) is 80.2 Å². The van der Waals surface area contributed by atoms with Crippen LogP contribution in [-0.4, -0.2) is 38.4 Å². The van der Waals surface area contributed by atoms with E-state index < -0.39 is 0 Å². The van der Waals surface area contributed by atoms with Crippen LogP contribution in [0.2, 0.25) is 5.28 Å². The number of carbonyl (C=O) groups excluding carboxylic acids is 1. The molecule has 0 bridgehead atoms. The minimum Gasteiger partial charge on any atom is -0.453 e. The summed E-state index contributed by atoms with van der Waals surface area (Å²) in [7, 11) is 0. The summed E-state index contributed by atoms with van der Waals surface area (Å²) >= 11 is 6.97. The van der Waals surface area contributed by atoms with E-state index in [9.17, 15) is 4.79 Å². The molecule has 1 unspecified atom stereocenters. The van der Waals surface area contributed by atoms with E-state index in [-0.39, 0.29) is 28.8 Å². The number of ether oxygens (including phenoxy) is 1. The fourth-order valence-electron chi connectivity index (χ4n) is 1.70. The van der Waals surface area contributed by atoms with E-state index in [0.717, 1.165) is 31.2 Å². The summed E-state index contributed by atoms with van der Waals surface area (Å²) in [6.07, 6.45) is 2.63. The van der Waals surface area contributed by atoms with Crippen LogP contribution in [0, 0.1) is 0 Å². The predicted molar refractivity (Wildman–Crippen MR) is 92.9 cm³/mol. The van der Waals surface area contributed by atoms with E-state index in [4.69, 9.17) is 16.3 Å². The van der Waals surface area contributed by atoms with Crippen molar-refractivity contribution < 1.29 is 9.53 Å². The first-order valence-corrected chi connectivity index (χ1v) is 8.90. The summed E-state index contributed by atoms with van der Waals surface area (Å²) in [5, 5.41) is 2.83. The molecule has 0 aliphatic heterocycles. The average Bonchev–Trinajstić information content (AvgIpc) is 3.27. The summed E-state index contributed by atoms with van der Waals surface area (Å²) in [4.78, 5) is 24.6. The first-order chi connectivity index (χ1) is 10.9. The monoisotopic (exact) mass is 359 g/mol. The van der Waals surface area contributed by atoms with Crippen LogP contribution in [0.15, 0.2) is 0 Å². The maximum absolute atomic E-state index is 12.1. The molecule has 23 heavy (non-hydrogen) atoms. The van der Waals surface area contributed by atoms with Crippen LogP contribution in [0.3, 0.4) is 0 Å². The van der Waals surface area contributed by atoms with E-state index in [1.807, 2.05) is 27.7 Å². The minimum atomic E-state index is -0.360. The molecule has 1 saturated carbocycles. The van der Waals surface area contributed by atoms with E-state index >= 15 is 0 Å². The molecule has 0 aromatic carbocycles. The number of rotatable bonds is 7. The fraction of sp³-hybridized carbons (Fsp3) is 0.714. The van der Waals surface area contributed by atoms with Crippen LogP contribution >= 0.6 is 23.5 Å². The Morgan fingerprint density at radius 3 is 2.65 bits per heavy atom. The van der Waals surface area contributed by atoms with Crippen molar-refractivity contribution in [1.82, 2.24) is 15.0 Å². The van der Waals surface area contributed by atoms with Gasteiger partial charge in [-0.15, -0.1) is 0 Å². The van der Waals surface area contributed by atoms with Gasteiger partial charge < -0.3 is 10.1 Å². The zero-order valence-electron chi connectivity index (χ0n) is 13.7. The SMILES string of the molecule is CCC(C)OC(=O)SN(c1nc(Cl)nc(NC(C)C)n1)C1CC1. The fourth-order valence-corrected chi connectivity index (χ4v) is 2.74. The third-order valence-corrected chi connectivity index (χ3v) is 4.21. The van der Waals surface area contributed by atoms with Crippen molar-refractivity contribution in [2.75, 3.05) is 9.62 Å². The second-order valence-corrected chi connectivity index (χ2v) is 7.01. The van der Waals surface area contributed by atoms with Gasteiger partial charge in [0, 0.05) is 12.1 Å². The minimum absolute atomic E-state index is 0.0969. The Hall–Kier alpha value is -1.28. The summed E-state index contributed by atoms with van der Waals surface area (Å²) in [6.45, 7) is 7.80. The van der Waals surface area contributed by atoms with Gasteiger partial charge in [-0.1, -0.05) is 6.92 Å². The highest BCUT2D eigenvalue weighted by Crippen LogP contribution is 2.36. The van der Waals surface area contributed by atoms with Crippen molar-refractivity contribution in [3.05, 3.63) is 5.28 Å². The summed E-state index contributed by atoms with van der Waals surface area (Å²) < 4.78 is 7.08. The molecule has 0 amide bonds. The zero-order chi connectivity index (χ0) is 17.0. The number of hydrogen-bond acceptors (Lipinski definition) is 8. The van der Waals surface area contributed by atoms with Crippen molar-refractivity contribution in [3.63, 3.8) is 0 Å². The van der Waals surface area contributed by atoms with Crippen molar-refractivity contribution in [2.24, 2.45) is 0 Å². The molecule has 1 heterocycles. The van der Waals surface area contributed by atoms with Gasteiger partial charge in [-0.3, -0.25) is 4.31 Å². The van der Waals surface area contributed by atoms with Crippen molar-refractivity contribution in [3.8, 4) is 0 Å². The van der Waals surface area contributed by atoms with Crippen LogP contribution in [0.5, 0.6) is 0 Å². The zero-order valence-corrected chi connectivity index (χ0v) is 15.3. The molecular weight excluding hydrogens is 338 g/mol. The maximum atomic E-state index is 12.1. The normalized spacial score (nSPS) is 15.4. The summed E-state index contributed by atoms with van der Waals surface area (Å²) in [6, 6.07) is 0.383. The van der Waals surface area contributed by atoms with Crippen LogP contribution in [0.1, 0.15) is 47.0 Å². The molecule has 1 aromatic rings. The molecule has 0 spiro atoms. The van der Waals surface area contributed by atoms with E-state index in [2.05, 4.69) is 20.3 Å². The Kier molecular flexibility index (Phi) is 6.29. The molecule has 1 aliphatic carbocycles. The van der Waals surface area contributed by atoms with Crippen molar-refractivity contribution in [1.29, 1.82) is 0 Å². The van der Waals surface area contributed by atoms with Crippen LogP contribution in [-0.2, 0) is 4.74 Å². The number of aromatic nitrogens is 3. The molecule has 1 aromatic heterocycles. The molecule has 2 rings (SSSR count). The number of hydrogen-bond donors (Lipinski definition) is 1. The Balaban J connectivity index is 2.14. The molecule has 9 heteroatoms. The Morgan fingerprint density at radius 1 is 1.39 bits per heavy atom. The van der Waals surface area contributed by atoms with E-state index in [1.165, 1.54) is 0 Å². The number of nitrogens with one attached hydrogen (secondary N) is 1. The number of halogens is 1. The average molecular weight is 360 g/mol. The largest absolute Gasteiger partial charge is 0.453 e. The number of anilines is 2. The number of nitrogens with zero attached hydrogens (tertiary/aromatic N) is 4. The smallest absolute Gasteiger partial charge is 0.388 e. The van der Waals surface area contributed by atoms with Gasteiger partial charge in [0.1, 0.15) is 0 Å². The van der Waals surface area contributed by atoms with Crippen LogP contribution < -0.4 is 9.62 Å². The predicted octanol–water partition coefficient (Wildman–Crippen LogP) is 3.90. The second kappa shape index (κ2) is 8.01. The molecule has 128 valence electrons. The Labute approximate surface area is 145 Å². The van der Waals surface area contributed by atoms with Gasteiger partial charge in [-0.25, -0.2) is 4.79 Å². The third-order valence-electron chi connectivity index (χ3n) is 3.13. The lowest BCUT2D eigenvalue weighted by molar-refractivity contribution is 0.130. The molecular formula is C14H22ClN5O2S. The quantitative estimate of drug-likeness (QED) is 0.580. The van der Waals surface area contributed by atoms with Gasteiger partial charge in [-0.05, 0) is 51.6 Å². The standard InChI is InChI=1S/C14H22ClN5O2S/c1-5-9(4)22-14(21)23-20(10-6-7-10)13-18-11(15)17-12(19-13)16-8(2)3/h8-10H,5-7H2,1-4H3,(H,16,17,18,19). The van der Waals surface area contributed by atoms with Gasteiger partial charge in [0.2, 0.25) is 17.2 Å². The first kappa shape index (κ1) is 18.1. The number of carbonyl (C=O) groups is 1. The Bertz CT molecular complexity index is 556. The Morgan fingerprint density at radius 2 is 2.09 bits per heavy atom. The van der Waals surface area contributed by atoms with Gasteiger partial charge >= 0.3 is 5.30 Å². The second-order valence-electron chi connectivity index (χ2n) is 5.76. The molecule has 1 atom stereocenters. The van der Waals surface area contributed by atoms with Gasteiger partial charge in [0.05, 0.1) is 18.1 Å². The molecule has 7 nitrogen and oxygen atoms in total. The lowest BCUT2D eigenvalue weighted by Gasteiger charge is -2.21. The summed E-state index contributed by atoms with van der Waals surface area (Å²) in [5.74, 6) is 0.776.